The first-order valence-corrected chi connectivity index (χ1v) is 13.0. The maximum absolute atomic E-state index is 14.0. The summed E-state index contributed by atoms with van der Waals surface area (Å²) in [5.74, 6) is 0.908. The number of piperazine rings is 1. The number of imidazole rings is 1. The number of nitrogens with one attached hydrogen (secondary N) is 1. The molecule has 0 bridgehead atoms. The fourth-order valence-electron chi connectivity index (χ4n) is 4.93. The van der Waals surface area contributed by atoms with Crippen molar-refractivity contribution in [2.24, 2.45) is 11.1 Å². The molecule has 1 unspecified atom stereocenters. The molecule has 0 aliphatic carbocycles. The molecule has 1 atom stereocenters. The van der Waals surface area contributed by atoms with Crippen molar-refractivity contribution in [3.05, 3.63) is 78.2 Å². The molecule has 1 aromatic heterocycles. The number of carbonyl (C=O) groups is 1. The first-order chi connectivity index (χ1) is 17.4. The Kier molecular flexibility index (Phi) is 8.44. The van der Waals surface area contributed by atoms with Crippen LogP contribution in [-0.2, 0) is 6.54 Å². The molecule has 1 aliphatic heterocycles. The second kappa shape index (κ2) is 11.7. The van der Waals surface area contributed by atoms with Gasteiger partial charge >= 0.3 is 6.03 Å². The van der Waals surface area contributed by atoms with Crippen molar-refractivity contribution in [2.45, 2.75) is 39.8 Å². The maximum atomic E-state index is 14.0. The predicted molar refractivity (Wildman–Crippen MR) is 146 cm³/mol. The van der Waals surface area contributed by atoms with Gasteiger partial charge in [0.05, 0.1) is 11.7 Å². The molecule has 192 valence electrons. The highest BCUT2D eigenvalue weighted by Crippen LogP contribution is 2.39. The van der Waals surface area contributed by atoms with Crippen molar-refractivity contribution in [2.75, 3.05) is 39.3 Å². The Morgan fingerprint density at radius 1 is 1.06 bits per heavy atom. The third kappa shape index (κ3) is 6.15. The number of aromatic nitrogens is 2. The van der Waals surface area contributed by atoms with E-state index in [1.807, 2.05) is 34.1 Å². The number of hydrogen-bond donors (Lipinski definition) is 2. The molecule has 0 radical (unpaired) electrons. The smallest absolute Gasteiger partial charge is 0.320 e. The van der Waals surface area contributed by atoms with Gasteiger partial charge in [-0.3, -0.25) is 0 Å². The largest absolute Gasteiger partial charge is 0.330 e. The van der Waals surface area contributed by atoms with Gasteiger partial charge in [-0.25, -0.2) is 9.78 Å². The number of amides is 2. The van der Waals surface area contributed by atoms with Crippen molar-refractivity contribution >= 4 is 6.03 Å². The van der Waals surface area contributed by atoms with Crippen LogP contribution in [0.1, 0.15) is 44.6 Å². The van der Waals surface area contributed by atoms with Crippen molar-refractivity contribution in [3.8, 4) is 11.3 Å². The van der Waals surface area contributed by atoms with Gasteiger partial charge < -0.3 is 25.4 Å². The SMILES string of the molecule is CC(C)(C)C(c1nc(-c2ccccc2)cn1Cc1ccccc1)N(CCCN)C(=O)N1CCNCC1. The first kappa shape index (κ1) is 25.9. The average Bonchev–Trinajstić information content (AvgIpc) is 3.29. The Hall–Kier alpha value is -3.16. The lowest BCUT2D eigenvalue weighted by atomic mass is 9.84. The number of nitrogens with zero attached hydrogens (tertiary/aromatic N) is 4. The quantitative estimate of drug-likeness (QED) is 0.494. The third-order valence-corrected chi connectivity index (χ3v) is 6.69. The molecule has 4 rings (SSSR count). The van der Waals surface area contributed by atoms with Crippen molar-refractivity contribution in [1.29, 1.82) is 0 Å². The third-order valence-electron chi connectivity index (χ3n) is 6.69. The summed E-state index contributed by atoms with van der Waals surface area (Å²) in [5.41, 5.74) is 8.88. The molecular formula is C29H40N6O. The molecule has 1 saturated heterocycles. The summed E-state index contributed by atoms with van der Waals surface area (Å²) in [6.45, 7) is 11.5. The molecule has 3 aromatic rings. The van der Waals surface area contributed by atoms with E-state index in [0.29, 0.717) is 32.7 Å². The zero-order chi connectivity index (χ0) is 25.5. The van der Waals surface area contributed by atoms with Gasteiger partial charge in [0.1, 0.15) is 5.82 Å². The van der Waals surface area contributed by atoms with Gasteiger partial charge in [-0.05, 0) is 23.9 Å². The Bertz CT molecular complexity index is 1100. The highest BCUT2D eigenvalue weighted by molar-refractivity contribution is 5.75. The number of rotatable bonds is 8. The highest BCUT2D eigenvalue weighted by atomic mass is 16.2. The monoisotopic (exact) mass is 488 g/mol. The molecular weight excluding hydrogens is 448 g/mol. The van der Waals surface area contributed by atoms with Crippen molar-refractivity contribution in [1.82, 2.24) is 24.7 Å². The van der Waals surface area contributed by atoms with E-state index >= 15 is 0 Å². The molecule has 2 amide bonds. The number of hydrogen-bond acceptors (Lipinski definition) is 4. The summed E-state index contributed by atoms with van der Waals surface area (Å²) in [4.78, 5) is 23.2. The molecule has 2 heterocycles. The number of benzene rings is 2. The normalized spacial score (nSPS) is 15.1. The van der Waals surface area contributed by atoms with Crippen molar-refractivity contribution in [3.63, 3.8) is 0 Å². The van der Waals surface area contributed by atoms with E-state index < -0.39 is 0 Å². The van der Waals surface area contributed by atoms with Gasteiger partial charge in [-0.15, -0.1) is 0 Å². The van der Waals surface area contributed by atoms with Gasteiger partial charge in [0, 0.05) is 51.0 Å². The summed E-state index contributed by atoms with van der Waals surface area (Å²) in [6.07, 6.45) is 2.88. The van der Waals surface area contributed by atoms with E-state index in [-0.39, 0.29) is 17.5 Å². The summed E-state index contributed by atoms with van der Waals surface area (Å²) < 4.78 is 2.23. The van der Waals surface area contributed by atoms with Crippen LogP contribution in [0.5, 0.6) is 0 Å². The lowest BCUT2D eigenvalue weighted by molar-refractivity contribution is 0.0804. The van der Waals surface area contributed by atoms with Crippen LogP contribution in [0.25, 0.3) is 11.3 Å². The molecule has 36 heavy (non-hydrogen) atoms. The molecule has 2 aromatic carbocycles. The Labute approximate surface area is 215 Å². The summed E-state index contributed by atoms with van der Waals surface area (Å²) in [5, 5.41) is 3.35. The minimum absolute atomic E-state index is 0.0698. The van der Waals surface area contributed by atoms with E-state index in [2.05, 4.69) is 73.3 Å². The van der Waals surface area contributed by atoms with Crippen LogP contribution >= 0.6 is 0 Å². The maximum Gasteiger partial charge on any atom is 0.320 e. The van der Waals surface area contributed by atoms with Crippen LogP contribution in [0.3, 0.4) is 0 Å². The fraction of sp³-hybridized carbons (Fsp3) is 0.448. The zero-order valence-corrected chi connectivity index (χ0v) is 21.9. The van der Waals surface area contributed by atoms with Gasteiger partial charge in [0.25, 0.3) is 0 Å². The number of urea groups is 1. The van der Waals surface area contributed by atoms with E-state index in [9.17, 15) is 4.79 Å². The van der Waals surface area contributed by atoms with E-state index in [1.165, 1.54) is 5.56 Å². The summed E-state index contributed by atoms with van der Waals surface area (Å²) in [6, 6.07) is 20.5. The minimum atomic E-state index is -0.244. The first-order valence-electron chi connectivity index (χ1n) is 13.0. The van der Waals surface area contributed by atoms with Gasteiger partial charge in [0.15, 0.2) is 0 Å². The predicted octanol–water partition coefficient (Wildman–Crippen LogP) is 4.36. The second-order valence-electron chi connectivity index (χ2n) is 10.6. The Morgan fingerprint density at radius 2 is 1.69 bits per heavy atom. The van der Waals surface area contributed by atoms with Crippen LogP contribution in [0.15, 0.2) is 66.9 Å². The van der Waals surface area contributed by atoms with E-state index in [1.54, 1.807) is 0 Å². The molecule has 7 heteroatoms. The van der Waals surface area contributed by atoms with Crippen LogP contribution in [-0.4, -0.2) is 64.7 Å². The van der Waals surface area contributed by atoms with Crippen LogP contribution in [0.4, 0.5) is 4.79 Å². The lowest BCUT2D eigenvalue weighted by Crippen LogP contribution is -2.54. The molecule has 3 N–H and O–H groups in total. The van der Waals surface area contributed by atoms with Crippen molar-refractivity contribution < 1.29 is 4.79 Å². The van der Waals surface area contributed by atoms with Crippen LogP contribution in [0.2, 0.25) is 0 Å². The Morgan fingerprint density at radius 3 is 2.31 bits per heavy atom. The molecule has 7 nitrogen and oxygen atoms in total. The lowest BCUT2D eigenvalue weighted by Gasteiger charge is -2.43. The van der Waals surface area contributed by atoms with Gasteiger partial charge in [0.2, 0.25) is 0 Å². The molecule has 0 spiro atoms. The van der Waals surface area contributed by atoms with E-state index in [0.717, 1.165) is 36.6 Å². The summed E-state index contributed by atoms with van der Waals surface area (Å²) >= 11 is 0. The highest BCUT2D eigenvalue weighted by Gasteiger charge is 2.39. The topological polar surface area (TPSA) is 79.4 Å². The fourth-order valence-corrected chi connectivity index (χ4v) is 4.93. The van der Waals surface area contributed by atoms with Crippen LogP contribution < -0.4 is 11.1 Å². The minimum Gasteiger partial charge on any atom is -0.330 e. The molecule has 1 fully saturated rings. The standard InChI is InChI=1S/C29H40N6O/c1-29(2,3)26(35(18-10-15-30)28(36)33-19-16-31-17-20-33)27-32-25(24-13-8-5-9-14-24)22-34(27)21-23-11-6-4-7-12-23/h4-9,11-14,22,26,31H,10,15-21,30H2,1-3H3. The second-order valence-corrected chi connectivity index (χ2v) is 10.6. The molecule has 1 aliphatic rings. The Balaban J connectivity index is 1.81. The zero-order valence-electron chi connectivity index (χ0n) is 21.9. The number of carbonyl (C=O) groups excluding carboxylic acids is 1. The summed E-state index contributed by atoms with van der Waals surface area (Å²) in [7, 11) is 0. The van der Waals surface area contributed by atoms with E-state index in [4.69, 9.17) is 10.7 Å². The van der Waals surface area contributed by atoms with Gasteiger partial charge in [-0.2, -0.15) is 0 Å². The number of nitrogens with two attached hydrogens (primary N) is 1. The molecule has 0 saturated carbocycles. The van der Waals surface area contributed by atoms with Crippen LogP contribution in [0, 0.1) is 5.41 Å². The average molecular weight is 489 g/mol. The van der Waals surface area contributed by atoms with Gasteiger partial charge in [-0.1, -0.05) is 81.4 Å².